The fourth-order valence-electron chi connectivity index (χ4n) is 2.73. The van der Waals surface area contributed by atoms with Crippen molar-refractivity contribution in [2.45, 2.75) is 43.0 Å². The molecule has 8 nitrogen and oxygen atoms in total. The Morgan fingerprint density at radius 2 is 2.11 bits per heavy atom. The van der Waals surface area contributed by atoms with Crippen LogP contribution in [0.3, 0.4) is 0 Å². The summed E-state index contributed by atoms with van der Waals surface area (Å²) in [6, 6.07) is -0.731. The Morgan fingerprint density at radius 1 is 1.42 bits per heavy atom. The lowest BCUT2D eigenvalue weighted by Gasteiger charge is -2.32. The van der Waals surface area contributed by atoms with Gasteiger partial charge in [0.15, 0.2) is 0 Å². The van der Waals surface area contributed by atoms with E-state index >= 15 is 0 Å². The van der Waals surface area contributed by atoms with Crippen molar-refractivity contribution in [2.75, 3.05) is 19.7 Å². The summed E-state index contributed by atoms with van der Waals surface area (Å²) >= 11 is 0. The Kier molecular flexibility index (Phi) is 4.09. The lowest BCUT2D eigenvalue weighted by atomic mass is 10.0. The van der Waals surface area contributed by atoms with Crippen molar-refractivity contribution in [1.82, 2.24) is 4.90 Å². The van der Waals surface area contributed by atoms with E-state index in [1.807, 2.05) is 0 Å². The van der Waals surface area contributed by atoms with Gasteiger partial charge in [0, 0.05) is 0 Å². The molecule has 0 aliphatic carbocycles. The molecule has 2 saturated heterocycles. The van der Waals surface area contributed by atoms with E-state index in [1.54, 1.807) is 0 Å². The standard InChI is InChI=1S/C11H19NO7/c13-4-7-8(14)9(15)11(18,19-7)5-12-3-1-2-6(12)10(16)17/h6-9,13-15,18H,1-5H2,(H,16,17)/t6?,7-,8-,9+,11?/m1/s1. The first-order valence-electron chi connectivity index (χ1n) is 6.23. The minimum absolute atomic E-state index is 0.224. The van der Waals surface area contributed by atoms with Crippen molar-refractivity contribution >= 4 is 5.97 Å². The number of aliphatic carboxylic acids is 1. The zero-order chi connectivity index (χ0) is 14.2. The second kappa shape index (κ2) is 5.31. The molecule has 5 N–H and O–H groups in total. The van der Waals surface area contributed by atoms with Crippen LogP contribution in [-0.4, -0.2) is 86.2 Å². The molecular formula is C11H19NO7. The van der Waals surface area contributed by atoms with Crippen LogP contribution >= 0.6 is 0 Å². The van der Waals surface area contributed by atoms with Crippen LogP contribution in [0.5, 0.6) is 0 Å². The van der Waals surface area contributed by atoms with E-state index in [0.717, 1.165) is 0 Å². The van der Waals surface area contributed by atoms with E-state index in [4.69, 9.17) is 14.9 Å². The summed E-state index contributed by atoms with van der Waals surface area (Å²) < 4.78 is 5.08. The number of nitrogens with zero attached hydrogens (tertiary/aromatic N) is 1. The SMILES string of the molecule is O=C(O)C1CCCN1CC1(O)O[C@H](CO)[C@@H](O)[C@@H]1O. The normalized spacial score (nSPS) is 43.8. The number of aliphatic hydroxyl groups excluding tert-OH is 3. The van der Waals surface area contributed by atoms with Crippen LogP contribution in [0.1, 0.15) is 12.8 Å². The highest BCUT2D eigenvalue weighted by Gasteiger charge is 2.54. The molecule has 0 aromatic rings. The predicted octanol–water partition coefficient (Wildman–Crippen LogP) is -2.66. The number of carboxylic acid groups (broad SMARTS) is 1. The molecule has 110 valence electrons. The van der Waals surface area contributed by atoms with E-state index in [2.05, 4.69) is 0 Å². The van der Waals surface area contributed by atoms with Gasteiger partial charge in [0.2, 0.25) is 5.79 Å². The minimum Gasteiger partial charge on any atom is -0.480 e. The largest absolute Gasteiger partial charge is 0.480 e. The predicted molar refractivity (Wildman–Crippen MR) is 61.2 cm³/mol. The molecule has 5 atom stereocenters. The van der Waals surface area contributed by atoms with Crippen molar-refractivity contribution in [3.05, 3.63) is 0 Å². The highest BCUT2D eigenvalue weighted by atomic mass is 16.7. The van der Waals surface area contributed by atoms with Crippen molar-refractivity contribution in [1.29, 1.82) is 0 Å². The number of carbonyl (C=O) groups is 1. The van der Waals surface area contributed by atoms with Gasteiger partial charge in [-0.2, -0.15) is 0 Å². The fraction of sp³-hybridized carbons (Fsp3) is 0.909. The van der Waals surface area contributed by atoms with Crippen LogP contribution in [0.4, 0.5) is 0 Å². The van der Waals surface area contributed by atoms with Crippen LogP contribution in [0, 0.1) is 0 Å². The molecule has 2 aliphatic heterocycles. The molecule has 0 radical (unpaired) electrons. The molecule has 0 spiro atoms. The van der Waals surface area contributed by atoms with E-state index in [-0.39, 0.29) is 6.54 Å². The van der Waals surface area contributed by atoms with Gasteiger partial charge in [-0.25, -0.2) is 0 Å². The summed E-state index contributed by atoms with van der Waals surface area (Å²) in [5.41, 5.74) is 0. The average molecular weight is 277 g/mol. The van der Waals surface area contributed by atoms with Gasteiger partial charge < -0.3 is 30.3 Å². The topological polar surface area (TPSA) is 131 Å². The molecule has 2 rings (SSSR count). The molecule has 0 aromatic carbocycles. The van der Waals surface area contributed by atoms with Gasteiger partial charge in [-0.15, -0.1) is 0 Å². The molecule has 0 bridgehead atoms. The van der Waals surface area contributed by atoms with Gasteiger partial charge in [-0.1, -0.05) is 0 Å². The molecule has 0 amide bonds. The highest BCUT2D eigenvalue weighted by molar-refractivity contribution is 5.73. The molecule has 2 aliphatic rings. The van der Waals surface area contributed by atoms with E-state index < -0.39 is 42.7 Å². The number of likely N-dealkylation sites (tertiary alicyclic amines) is 1. The molecular weight excluding hydrogens is 258 g/mol. The van der Waals surface area contributed by atoms with Gasteiger partial charge in [-0.05, 0) is 19.4 Å². The smallest absolute Gasteiger partial charge is 0.320 e. The van der Waals surface area contributed by atoms with E-state index in [1.165, 1.54) is 4.90 Å². The van der Waals surface area contributed by atoms with Gasteiger partial charge >= 0.3 is 5.97 Å². The molecule has 2 fully saturated rings. The third kappa shape index (κ3) is 2.60. The van der Waals surface area contributed by atoms with Gasteiger partial charge in [0.1, 0.15) is 24.4 Å². The number of aliphatic hydroxyl groups is 4. The Labute approximate surface area is 109 Å². The third-order valence-electron chi connectivity index (χ3n) is 3.78. The third-order valence-corrected chi connectivity index (χ3v) is 3.78. The second-order valence-electron chi connectivity index (χ2n) is 5.09. The van der Waals surface area contributed by atoms with Crippen molar-refractivity contribution in [2.24, 2.45) is 0 Å². The van der Waals surface area contributed by atoms with E-state index in [9.17, 15) is 20.1 Å². The zero-order valence-corrected chi connectivity index (χ0v) is 10.3. The van der Waals surface area contributed by atoms with Crippen LogP contribution in [-0.2, 0) is 9.53 Å². The number of hydrogen-bond acceptors (Lipinski definition) is 7. The quantitative estimate of drug-likeness (QED) is 0.376. The average Bonchev–Trinajstić information content (AvgIpc) is 2.89. The summed E-state index contributed by atoms with van der Waals surface area (Å²) in [5, 5.41) is 47.6. The number of β-amino-alcohol motifs (C(OH)–C–C–N with tert-alkyl or cyclic N) is 1. The molecule has 0 aromatic heterocycles. The summed E-state index contributed by atoms with van der Waals surface area (Å²) in [6.45, 7) is -0.295. The van der Waals surface area contributed by atoms with Crippen molar-refractivity contribution in [3.63, 3.8) is 0 Å². The van der Waals surface area contributed by atoms with Gasteiger partial charge in [-0.3, -0.25) is 9.69 Å². The second-order valence-corrected chi connectivity index (χ2v) is 5.09. The summed E-state index contributed by atoms with van der Waals surface area (Å²) in [4.78, 5) is 12.5. The van der Waals surface area contributed by atoms with Crippen molar-refractivity contribution < 1.29 is 35.1 Å². The maximum absolute atomic E-state index is 11.0. The van der Waals surface area contributed by atoms with Crippen LogP contribution in [0.25, 0.3) is 0 Å². The van der Waals surface area contributed by atoms with Gasteiger partial charge in [0.05, 0.1) is 13.2 Å². The monoisotopic (exact) mass is 277 g/mol. The Bertz CT molecular complexity index is 352. The fourth-order valence-corrected chi connectivity index (χ4v) is 2.73. The maximum Gasteiger partial charge on any atom is 0.320 e. The molecule has 2 heterocycles. The van der Waals surface area contributed by atoms with Crippen LogP contribution in [0.2, 0.25) is 0 Å². The minimum atomic E-state index is -2.06. The molecule has 0 saturated carbocycles. The number of ether oxygens (including phenoxy) is 1. The van der Waals surface area contributed by atoms with E-state index in [0.29, 0.717) is 19.4 Å². The molecule has 19 heavy (non-hydrogen) atoms. The lowest BCUT2D eigenvalue weighted by Crippen LogP contribution is -2.53. The van der Waals surface area contributed by atoms with Crippen LogP contribution in [0.15, 0.2) is 0 Å². The zero-order valence-electron chi connectivity index (χ0n) is 10.3. The highest BCUT2D eigenvalue weighted by Crippen LogP contribution is 2.32. The molecule has 2 unspecified atom stereocenters. The Hall–Kier alpha value is -0.770. The number of carboxylic acids is 1. The first-order chi connectivity index (χ1) is 8.89. The summed E-state index contributed by atoms with van der Waals surface area (Å²) in [7, 11) is 0. The summed E-state index contributed by atoms with van der Waals surface area (Å²) in [6.07, 6.45) is -2.92. The summed E-state index contributed by atoms with van der Waals surface area (Å²) in [5.74, 6) is -3.06. The van der Waals surface area contributed by atoms with Gasteiger partial charge in [0.25, 0.3) is 0 Å². The number of hydrogen-bond donors (Lipinski definition) is 5. The van der Waals surface area contributed by atoms with Crippen LogP contribution < -0.4 is 0 Å². The molecule has 8 heteroatoms. The first kappa shape index (κ1) is 14.6. The number of rotatable bonds is 4. The van der Waals surface area contributed by atoms with Crippen molar-refractivity contribution in [3.8, 4) is 0 Å². The lowest BCUT2D eigenvalue weighted by molar-refractivity contribution is -0.239. The Morgan fingerprint density at radius 3 is 2.63 bits per heavy atom. The Balaban J connectivity index is 2.07. The maximum atomic E-state index is 11.0. The first-order valence-corrected chi connectivity index (χ1v) is 6.23.